The lowest BCUT2D eigenvalue weighted by atomic mass is 9.93. The van der Waals surface area contributed by atoms with Crippen molar-refractivity contribution < 1.29 is 0 Å². The first kappa shape index (κ1) is 16.0. The van der Waals surface area contributed by atoms with E-state index >= 15 is 0 Å². The minimum absolute atomic E-state index is 0.212. The van der Waals surface area contributed by atoms with Gasteiger partial charge >= 0.3 is 0 Å². The number of para-hydroxylation sites is 2. The maximum atomic E-state index is 3.75. The van der Waals surface area contributed by atoms with Gasteiger partial charge in [0.25, 0.3) is 0 Å². The first-order valence-corrected chi connectivity index (χ1v) is 10.2. The SMILES string of the molecule is CCn1c2ccccc2c2cc([C@H]3NCCc4c3[nH]c3ccccc43)ccc21. The van der Waals surface area contributed by atoms with Gasteiger partial charge in [0.15, 0.2) is 0 Å². The summed E-state index contributed by atoms with van der Waals surface area (Å²) >= 11 is 0. The minimum Gasteiger partial charge on any atom is -0.357 e. The highest BCUT2D eigenvalue weighted by Gasteiger charge is 2.25. The van der Waals surface area contributed by atoms with E-state index < -0.39 is 0 Å². The number of aromatic amines is 1. The summed E-state index contributed by atoms with van der Waals surface area (Å²) in [6.45, 7) is 4.21. The van der Waals surface area contributed by atoms with Crippen molar-refractivity contribution in [2.24, 2.45) is 0 Å². The number of aromatic nitrogens is 2. The summed E-state index contributed by atoms with van der Waals surface area (Å²) in [4.78, 5) is 3.70. The zero-order valence-electron chi connectivity index (χ0n) is 16.0. The Labute approximate surface area is 164 Å². The summed E-state index contributed by atoms with van der Waals surface area (Å²) in [5.74, 6) is 0. The summed E-state index contributed by atoms with van der Waals surface area (Å²) in [5, 5.41) is 7.81. The van der Waals surface area contributed by atoms with Crippen LogP contribution in [0.5, 0.6) is 0 Å². The van der Waals surface area contributed by atoms with Crippen molar-refractivity contribution in [3.8, 4) is 0 Å². The van der Waals surface area contributed by atoms with Gasteiger partial charge in [-0.2, -0.15) is 0 Å². The number of hydrogen-bond acceptors (Lipinski definition) is 1. The molecule has 0 bridgehead atoms. The Morgan fingerprint density at radius 3 is 2.57 bits per heavy atom. The maximum Gasteiger partial charge on any atom is 0.0732 e. The Hall–Kier alpha value is -3.04. The van der Waals surface area contributed by atoms with Crippen LogP contribution in [0.25, 0.3) is 32.7 Å². The van der Waals surface area contributed by atoms with Gasteiger partial charge in [-0.05, 0) is 48.7 Å². The van der Waals surface area contributed by atoms with Crippen LogP contribution in [-0.2, 0) is 13.0 Å². The van der Waals surface area contributed by atoms with Gasteiger partial charge in [-0.15, -0.1) is 0 Å². The molecule has 138 valence electrons. The normalized spacial score (nSPS) is 16.8. The molecular weight excluding hydrogens is 342 g/mol. The molecule has 2 N–H and O–H groups in total. The fourth-order valence-corrected chi connectivity index (χ4v) is 5.06. The quantitative estimate of drug-likeness (QED) is 0.423. The molecule has 1 aliphatic rings. The first-order valence-electron chi connectivity index (χ1n) is 10.2. The largest absolute Gasteiger partial charge is 0.357 e. The number of benzene rings is 3. The van der Waals surface area contributed by atoms with Crippen LogP contribution in [0.4, 0.5) is 0 Å². The fourth-order valence-electron chi connectivity index (χ4n) is 5.06. The molecule has 1 atom stereocenters. The molecule has 3 heterocycles. The van der Waals surface area contributed by atoms with Gasteiger partial charge in [0.1, 0.15) is 0 Å². The zero-order chi connectivity index (χ0) is 18.7. The van der Waals surface area contributed by atoms with Crippen LogP contribution < -0.4 is 5.32 Å². The minimum atomic E-state index is 0.212. The molecule has 0 saturated heterocycles. The van der Waals surface area contributed by atoms with Gasteiger partial charge in [-0.1, -0.05) is 42.5 Å². The molecule has 0 fully saturated rings. The molecule has 3 nitrogen and oxygen atoms in total. The van der Waals surface area contributed by atoms with Crippen molar-refractivity contribution in [2.75, 3.05) is 6.54 Å². The molecule has 0 radical (unpaired) electrons. The fraction of sp³-hybridized carbons (Fsp3) is 0.200. The van der Waals surface area contributed by atoms with E-state index in [-0.39, 0.29) is 6.04 Å². The van der Waals surface area contributed by atoms with Gasteiger partial charge < -0.3 is 14.9 Å². The topological polar surface area (TPSA) is 32.8 Å². The predicted octanol–water partition coefficient (Wildman–Crippen LogP) is 5.53. The molecule has 0 amide bonds. The highest BCUT2D eigenvalue weighted by atomic mass is 15.0. The third kappa shape index (κ3) is 2.14. The van der Waals surface area contributed by atoms with Crippen molar-refractivity contribution in [1.29, 1.82) is 0 Å². The smallest absolute Gasteiger partial charge is 0.0732 e. The van der Waals surface area contributed by atoms with Crippen LogP contribution in [0.15, 0.2) is 66.7 Å². The second-order valence-corrected chi connectivity index (χ2v) is 7.74. The average molecular weight is 365 g/mol. The van der Waals surface area contributed by atoms with E-state index in [0.29, 0.717) is 0 Å². The predicted molar refractivity (Wildman–Crippen MR) is 117 cm³/mol. The molecule has 28 heavy (non-hydrogen) atoms. The van der Waals surface area contributed by atoms with Crippen LogP contribution in [0.1, 0.15) is 29.8 Å². The summed E-state index contributed by atoms with van der Waals surface area (Å²) in [6.07, 6.45) is 1.08. The van der Waals surface area contributed by atoms with E-state index in [0.717, 1.165) is 19.5 Å². The maximum absolute atomic E-state index is 3.75. The molecule has 3 aromatic carbocycles. The summed E-state index contributed by atoms with van der Waals surface area (Å²) in [6, 6.07) is 24.6. The number of nitrogens with zero attached hydrogens (tertiary/aromatic N) is 1. The lowest BCUT2D eigenvalue weighted by Gasteiger charge is -2.25. The van der Waals surface area contributed by atoms with Crippen molar-refractivity contribution >= 4 is 32.7 Å². The lowest BCUT2D eigenvalue weighted by Crippen LogP contribution is -2.30. The molecule has 5 aromatic rings. The van der Waals surface area contributed by atoms with Crippen LogP contribution in [-0.4, -0.2) is 16.1 Å². The van der Waals surface area contributed by atoms with E-state index in [1.165, 1.54) is 49.5 Å². The Kier molecular flexibility index (Phi) is 3.41. The third-order valence-electron chi connectivity index (χ3n) is 6.30. The summed E-state index contributed by atoms with van der Waals surface area (Å²) in [5.41, 5.74) is 8.01. The standard InChI is InChI=1S/C25H23N3/c1-2-28-22-10-6-4-8-18(22)20-15-16(11-12-23(20)28)24-25-19(13-14-26-24)17-7-3-5-9-21(17)27-25/h3-12,15,24,26-27H,2,13-14H2,1H3/t24-/m1/s1. The van der Waals surface area contributed by atoms with Crippen molar-refractivity contribution in [3.63, 3.8) is 0 Å². The first-order chi connectivity index (χ1) is 13.8. The average Bonchev–Trinajstić information content (AvgIpc) is 3.28. The van der Waals surface area contributed by atoms with Crippen LogP contribution in [0, 0.1) is 0 Å². The van der Waals surface area contributed by atoms with Crippen molar-refractivity contribution in [3.05, 3.63) is 83.6 Å². The Morgan fingerprint density at radius 1 is 0.893 bits per heavy atom. The van der Waals surface area contributed by atoms with Crippen molar-refractivity contribution in [2.45, 2.75) is 25.9 Å². The second-order valence-electron chi connectivity index (χ2n) is 7.74. The van der Waals surface area contributed by atoms with Gasteiger partial charge in [-0.25, -0.2) is 0 Å². The van der Waals surface area contributed by atoms with Crippen molar-refractivity contribution in [1.82, 2.24) is 14.9 Å². The monoisotopic (exact) mass is 365 g/mol. The van der Waals surface area contributed by atoms with Crippen LogP contribution >= 0.6 is 0 Å². The molecular formula is C25H23N3. The Morgan fingerprint density at radius 2 is 1.68 bits per heavy atom. The Bertz CT molecular complexity index is 1340. The van der Waals surface area contributed by atoms with Gasteiger partial charge in [-0.3, -0.25) is 0 Å². The molecule has 3 heteroatoms. The molecule has 0 aliphatic carbocycles. The second kappa shape index (κ2) is 5.98. The molecule has 1 aliphatic heterocycles. The van der Waals surface area contributed by atoms with Gasteiger partial charge in [0, 0.05) is 51.5 Å². The summed E-state index contributed by atoms with van der Waals surface area (Å²) in [7, 11) is 0. The molecule has 6 rings (SSSR count). The zero-order valence-corrected chi connectivity index (χ0v) is 16.0. The number of H-pyrrole nitrogens is 1. The number of nitrogens with one attached hydrogen (secondary N) is 2. The Balaban J connectivity index is 1.57. The number of rotatable bonds is 2. The van der Waals surface area contributed by atoms with Crippen LogP contribution in [0.2, 0.25) is 0 Å². The molecule has 0 unspecified atom stereocenters. The highest BCUT2D eigenvalue weighted by Crippen LogP contribution is 2.36. The number of fused-ring (bicyclic) bond motifs is 6. The third-order valence-corrected chi connectivity index (χ3v) is 6.30. The molecule has 2 aromatic heterocycles. The van der Waals surface area contributed by atoms with Gasteiger partial charge in [0.05, 0.1) is 6.04 Å². The number of aryl methyl sites for hydroxylation is 1. The van der Waals surface area contributed by atoms with E-state index in [9.17, 15) is 0 Å². The number of hydrogen-bond donors (Lipinski definition) is 2. The lowest BCUT2D eigenvalue weighted by molar-refractivity contribution is 0.561. The van der Waals surface area contributed by atoms with E-state index in [2.05, 4.69) is 88.5 Å². The van der Waals surface area contributed by atoms with E-state index in [1.54, 1.807) is 0 Å². The highest BCUT2D eigenvalue weighted by molar-refractivity contribution is 6.08. The van der Waals surface area contributed by atoms with Gasteiger partial charge in [0.2, 0.25) is 0 Å². The molecule has 0 spiro atoms. The summed E-state index contributed by atoms with van der Waals surface area (Å²) < 4.78 is 2.41. The molecule has 0 saturated carbocycles. The van der Waals surface area contributed by atoms with E-state index in [4.69, 9.17) is 0 Å². The van der Waals surface area contributed by atoms with Crippen LogP contribution in [0.3, 0.4) is 0 Å². The van der Waals surface area contributed by atoms with E-state index in [1.807, 2.05) is 0 Å².